The van der Waals surface area contributed by atoms with Crippen LogP contribution < -0.4 is 10.5 Å². The van der Waals surface area contributed by atoms with Crippen LogP contribution in [0.5, 0.6) is 5.75 Å². The largest absolute Gasteiger partial charge is 0.485 e. The molecule has 0 aliphatic carbocycles. The maximum Gasteiger partial charge on any atom is 0.165 e. The molecular weight excluding hydrogens is 264 g/mol. The number of nitrogens with two attached hydrogens (primary N) is 1. The van der Waals surface area contributed by atoms with E-state index in [2.05, 4.69) is 10.1 Å². The lowest BCUT2D eigenvalue weighted by atomic mass is 10.2. The molecule has 0 aliphatic heterocycles. The Labute approximate surface area is 123 Å². The lowest BCUT2D eigenvalue weighted by Crippen LogP contribution is -1.99. The van der Waals surface area contributed by atoms with Crippen molar-refractivity contribution in [1.29, 1.82) is 0 Å². The van der Waals surface area contributed by atoms with Crippen LogP contribution in [0.25, 0.3) is 11.3 Å². The average molecular weight is 280 g/mol. The van der Waals surface area contributed by atoms with E-state index in [0.29, 0.717) is 12.4 Å². The lowest BCUT2D eigenvalue weighted by Gasteiger charge is -2.08. The number of aromatic nitrogens is 3. The molecule has 1 aromatic carbocycles. The minimum absolute atomic E-state index is 0.493. The Bertz CT molecular complexity index is 720. The van der Waals surface area contributed by atoms with Gasteiger partial charge in [0.1, 0.15) is 18.1 Å². The van der Waals surface area contributed by atoms with E-state index in [0.717, 1.165) is 22.6 Å². The predicted octanol–water partition coefficient (Wildman–Crippen LogP) is 2.64. The molecule has 0 amide bonds. The summed E-state index contributed by atoms with van der Waals surface area (Å²) in [7, 11) is 1.88. The van der Waals surface area contributed by atoms with Gasteiger partial charge in [0.25, 0.3) is 0 Å². The van der Waals surface area contributed by atoms with Crippen molar-refractivity contribution in [3.8, 4) is 17.0 Å². The molecule has 0 unspecified atom stereocenters. The Balaban J connectivity index is 1.85. The fourth-order valence-electron chi connectivity index (χ4n) is 2.13. The summed E-state index contributed by atoms with van der Waals surface area (Å²) >= 11 is 0. The normalized spacial score (nSPS) is 10.5. The molecule has 0 saturated heterocycles. The first kappa shape index (κ1) is 13.2. The highest BCUT2D eigenvalue weighted by Crippen LogP contribution is 2.29. The molecule has 0 radical (unpaired) electrons. The van der Waals surface area contributed by atoms with Gasteiger partial charge in [-0.3, -0.25) is 4.68 Å². The third-order valence-electron chi connectivity index (χ3n) is 3.20. The zero-order valence-corrected chi connectivity index (χ0v) is 11.7. The van der Waals surface area contributed by atoms with Crippen molar-refractivity contribution in [2.75, 3.05) is 5.73 Å². The van der Waals surface area contributed by atoms with Gasteiger partial charge in [-0.2, -0.15) is 5.10 Å². The predicted molar refractivity (Wildman–Crippen MR) is 81.6 cm³/mol. The van der Waals surface area contributed by atoms with Crippen molar-refractivity contribution in [3.63, 3.8) is 0 Å². The van der Waals surface area contributed by atoms with Gasteiger partial charge in [0.2, 0.25) is 0 Å². The van der Waals surface area contributed by atoms with E-state index in [4.69, 9.17) is 10.5 Å². The Morgan fingerprint density at radius 1 is 1.10 bits per heavy atom. The molecule has 3 rings (SSSR count). The van der Waals surface area contributed by atoms with Crippen molar-refractivity contribution >= 4 is 5.82 Å². The van der Waals surface area contributed by atoms with E-state index in [-0.39, 0.29) is 0 Å². The molecule has 0 atom stereocenters. The standard InChI is InChI=1S/C16H16N4O/c1-20-16(13-7-8-15(17)18-9-13)14(10-19-20)21-11-12-5-3-2-4-6-12/h2-10H,11H2,1H3,(H2,17,18). The third-order valence-corrected chi connectivity index (χ3v) is 3.20. The van der Waals surface area contributed by atoms with Gasteiger partial charge < -0.3 is 10.5 Å². The molecule has 2 N–H and O–H groups in total. The Hall–Kier alpha value is -2.82. The summed E-state index contributed by atoms with van der Waals surface area (Å²) < 4.78 is 7.66. The van der Waals surface area contributed by atoms with Gasteiger partial charge in [0, 0.05) is 18.8 Å². The number of benzene rings is 1. The van der Waals surface area contributed by atoms with Gasteiger partial charge in [0.05, 0.1) is 6.20 Å². The molecule has 2 aromatic heterocycles. The summed E-state index contributed by atoms with van der Waals surface area (Å²) in [6.45, 7) is 0.502. The van der Waals surface area contributed by atoms with E-state index < -0.39 is 0 Å². The first-order valence-corrected chi connectivity index (χ1v) is 6.64. The lowest BCUT2D eigenvalue weighted by molar-refractivity contribution is 0.307. The Morgan fingerprint density at radius 3 is 2.62 bits per heavy atom. The summed E-state index contributed by atoms with van der Waals surface area (Å²) in [6, 6.07) is 13.7. The minimum Gasteiger partial charge on any atom is -0.485 e. The second-order valence-corrected chi connectivity index (χ2v) is 4.73. The number of pyridine rings is 1. The number of hydrogen-bond donors (Lipinski definition) is 1. The summed E-state index contributed by atoms with van der Waals surface area (Å²) in [4.78, 5) is 4.12. The quantitative estimate of drug-likeness (QED) is 0.798. The van der Waals surface area contributed by atoms with Crippen molar-refractivity contribution in [1.82, 2.24) is 14.8 Å². The summed E-state index contributed by atoms with van der Waals surface area (Å²) in [5.41, 5.74) is 8.55. The van der Waals surface area contributed by atoms with Crippen LogP contribution in [0.2, 0.25) is 0 Å². The molecule has 0 fully saturated rings. The maximum atomic E-state index is 5.89. The molecule has 3 aromatic rings. The maximum absolute atomic E-state index is 5.89. The second-order valence-electron chi connectivity index (χ2n) is 4.73. The van der Waals surface area contributed by atoms with Gasteiger partial charge in [-0.1, -0.05) is 30.3 Å². The number of anilines is 1. The molecular formula is C16H16N4O. The first-order chi connectivity index (χ1) is 10.2. The number of nitrogen functional groups attached to an aromatic ring is 1. The van der Waals surface area contributed by atoms with Crippen LogP contribution in [0, 0.1) is 0 Å². The number of ether oxygens (including phenoxy) is 1. The Kier molecular flexibility index (Phi) is 3.55. The smallest absolute Gasteiger partial charge is 0.165 e. The number of hydrogen-bond acceptors (Lipinski definition) is 4. The highest BCUT2D eigenvalue weighted by Gasteiger charge is 2.12. The highest BCUT2D eigenvalue weighted by atomic mass is 16.5. The van der Waals surface area contributed by atoms with Crippen molar-refractivity contribution in [2.24, 2.45) is 7.05 Å². The number of nitrogens with zero attached hydrogens (tertiary/aromatic N) is 3. The molecule has 5 nitrogen and oxygen atoms in total. The molecule has 0 bridgehead atoms. The molecule has 21 heavy (non-hydrogen) atoms. The fraction of sp³-hybridized carbons (Fsp3) is 0.125. The van der Waals surface area contributed by atoms with Gasteiger partial charge in [-0.25, -0.2) is 4.98 Å². The van der Waals surface area contributed by atoms with Crippen LogP contribution in [0.4, 0.5) is 5.82 Å². The van der Waals surface area contributed by atoms with Gasteiger partial charge in [-0.15, -0.1) is 0 Å². The van der Waals surface area contributed by atoms with Gasteiger partial charge in [-0.05, 0) is 17.7 Å². The third kappa shape index (κ3) is 2.86. The van der Waals surface area contributed by atoms with E-state index in [9.17, 15) is 0 Å². The van der Waals surface area contributed by atoms with E-state index in [1.165, 1.54) is 0 Å². The van der Waals surface area contributed by atoms with Crippen LogP contribution in [-0.2, 0) is 13.7 Å². The monoisotopic (exact) mass is 280 g/mol. The molecule has 0 saturated carbocycles. The topological polar surface area (TPSA) is 66.0 Å². The Morgan fingerprint density at radius 2 is 1.90 bits per heavy atom. The van der Waals surface area contributed by atoms with Gasteiger partial charge >= 0.3 is 0 Å². The number of rotatable bonds is 4. The first-order valence-electron chi connectivity index (χ1n) is 6.64. The molecule has 106 valence electrons. The van der Waals surface area contributed by atoms with Crippen LogP contribution in [-0.4, -0.2) is 14.8 Å². The van der Waals surface area contributed by atoms with Gasteiger partial charge in [0.15, 0.2) is 5.75 Å². The second kappa shape index (κ2) is 5.66. The zero-order chi connectivity index (χ0) is 14.7. The molecule has 0 spiro atoms. The fourth-order valence-corrected chi connectivity index (χ4v) is 2.13. The summed E-state index contributed by atoms with van der Waals surface area (Å²) in [6.07, 6.45) is 3.44. The molecule has 0 aliphatic rings. The number of aryl methyl sites for hydroxylation is 1. The van der Waals surface area contributed by atoms with Crippen LogP contribution in [0.3, 0.4) is 0 Å². The summed E-state index contributed by atoms with van der Waals surface area (Å²) in [5, 5.41) is 4.26. The SMILES string of the molecule is Cn1ncc(OCc2ccccc2)c1-c1ccc(N)nc1. The van der Waals surface area contributed by atoms with Crippen molar-refractivity contribution in [3.05, 3.63) is 60.4 Å². The zero-order valence-electron chi connectivity index (χ0n) is 11.7. The minimum atomic E-state index is 0.493. The highest BCUT2D eigenvalue weighted by molar-refractivity contribution is 5.66. The van der Waals surface area contributed by atoms with Crippen LogP contribution >= 0.6 is 0 Å². The molecule has 2 heterocycles. The van der Waals surface area contributed by atoms with E-state index in [1.54, 1.807) is 23.1 Å². The average Bonchev–Trinajstić information content (AvgIpc) is 2.88. The van der Waals surface area contributed by atoms with Crippen molar-refractivity contribution in [2.45, 2.75) is 6.61 Å². The molecule has 5 heteroatoms. The van der Waals surface area contributed by atoms with E-state index >= 15 is 0 Å². The van der Waals surface area contributed by atoms with E-state index in [1.807, 2.05) is 43.4 Å². The van der Waals surface area contributed by atoms with Crippen molar-refractivity contribution < 1.29 is 4.74 Å². The van der Waals surface area contributed by atoms with Crippen LogP contribution in [0.15, 0.2) is 54.9 Å². The summed E-state index contributed by atoms with van der Waals surface area (Å²) in [5.74, 6) is 1.22. The van der Waals surface area contributed by atoms with Crippen LogP contribution in [0.1, 0.15) is 5.56 Å².